The van der Waals surface area contributed by atoms with Crippen molar-refractivity contribution in [3.63, 3.8) is 0 Å². The summed E-state index contributed by atoms with van der Waals surface area (Å²) in [4.78, 5) is 7.49. The number of H-pyrrole nitrogens is 1. The van der Waals surface area contributed by atoms with Gasteiger partial charge in [0.05, 0.1) is 0 Å². The fraction of sp³-hybridized carbons (Fsp3) is 0.786. The van der Waals surface area contributed by atoms with Crippen LogP contribution in [0.25, 0.3) is 0 Å². The first kappa shape index (κ1) is 14.2. The van der Waals surface area contributed by atoms with Gasteiger partial charge >= 0.3 is 0 Å². The van der Waals surface area contributed by atoms with Crippen LogP contribution in [-0.2, 0) is 6.42 Å². The second-order valence-electron chi connectivity index (χ2n) is 4.70. The van der Waals surface area contributed by atoms with Crippen molar-refractivity contribution in [3.05, 3.63) is 18.2 Å². The van der Waals surface area contributed by atoms with Gasteiger partial charge in [0, 0.05) is 24.9 Å². The van der Waals surface area contributed by atoms with E-state index in [1.165, 1.54) is 38.5 Å². The molecule has 0 aliphatic heterocycles. The van der Waals surface area contributed by atoms with Gasteiger partial charge in [-0.15, -0.1) is 0 Å². The lowest BCUT2D eigenvalue weighted by Gasteiger charge is -2.16. The Balaban J connectivity index is 2.18. The Bertz CT molecular complexity index is 256. The number of aromatic nitrogens is 2. The molecule has 0 fully saturated rings. The quantitative estimate of drug-likeness (QED) is 0.613. The molecule has 0 saturated heterocycles. The van der Waals surface area contributed by atoms with Crippen molar-refractivity contribution in [1.82, 2.24) is 15.3 Å². The molecular weight excluding hydrogens is 210 g/mol. The normalized spacial score (nSPS) is 12.8. The van der Waals surface area contributed by atoms with Crippen molar-refractivity contribution in [1.29, 1.82) is 0 Å². The minimum absolute atomic E-state index is 0.577. The standard InChI is InChI=1S/C14H27N3/c1-3-5-6-7-8-9-13(15-4-2)12-14-16-10-11-17-14/h10-11,13,15H,3-9,12H2,1-2H3,(H,16,17). The number of nitrogens with one attached hydrogen (secondary N) is 2. The fourth-order valence-corrected chi connectivity index (χ4v) is 2.20. The number of hydrogen-bond donors (Lipinski definition) is 2. The Morgan fingerprint density at radius 3 is 2.71 bits per heavy atom. The predicted octanol–water partition coefficient (Wildman–Crippen LogP) is 3.29. The number of hydrogen-bond acceptors (Lipinski definition) is 2. The Labute approximate surface area is 105 Å². The number of likely N-dealkylation sites (N-methyl/N-ethyl adjacent to an activating group) is 1. The van der Waals surface area contributed by atoms with E-state index in [1.54, 1.807) is 0 Å². The maximum Gasteiger partial charge on any atom is 0.107 e. The predicted molar refractivity (Wildman–Crippen MR) is 73.1 cm³/mol. The summed E-state index contributed by atoms with van der Waals surface area (Å²) >= 11 is 0. The van der Waals surface area contributed by atoms with Crippen LogP contribution in [0, 0.1) is 0 Å². The van der Waals surface area contributed by atoms with Crippen LogP contribution in [0.5, 0.6) is 0 Å². The zero-order chi connectivity index (χ0) is 12.3. The number of rotatable bonds is 10. The molecule has 1 aromatic rings. The van der Waals surface area contributed by atoms with Gasteiger partial charge in [0.15, 0.2) is 0 Å². The third-order valence-corrected chi connectivity index (χ3v) is 3.14. The summed E-state index contributed by atoms with van der Waals surface area (Å²) in [7, 11) is 0. The maximum atomic E-state index is 4.30. The van der Waals surface area contributed by atoms with Crippen LogP contribution < -0.4 is 5.32 Å². The lowest BCUT2D eigenvalue weighted by Crippen LogP contribution is -2.31. The van der Waals surface area contributed by atoms with Crippen molar-refractivity contribution >= 4 is 0 Å². The second-order valence-corrected chi connectivity index (χ2v) is 4.70. The largest absolute Gasteiger partial charge is 0.349 e. The van der Waals surface area contributed by atoms with Gasteiger partial charge in [0.2, 0.25) is 0 Å². The molecular formula is C14H27N3. The summed E-state index contributed by atoms with van der Waals surface area (Å²) < 4.78 is 0. The Hall–Kier alpha value is -0.830. The molecule has 3 nitrogen and oxygen atoms in total. The summed E-state index contributed by atoms with van der Waals surface area (Å²) in [5.74, 6) is 1.10. The first-order valence-corrected chi connectivity index (χ1v) is 7.08. The molecule has 2 N–H and O–H groups in total. The van der Waals surface area contributed by atoms with E-state index in [2.05, 4.69) is 29.1 Å². The Morgan fingerprint density at radius 1 is 1.24 bits per heavy atom. The lowest BCUT2D eigenvalue weighted by molar-refractivity contribution is 0.455. The Kier molecular flexibility index (Phi) is 7.72. The number of nitrogens with zero attached hydrogens (tertiary/aromatic N) is 1. The molecule has 1 heterocycles. The van der Waals surface area contributed by atoms with E-state index in [4.69, 9.17) is 0 Å². The molecule has 98 valence electrons. The molecule has 0 amide bonds. The average molecular weight is 237 g/mol. The van der Waals surface area contributed by atoms with Crippen LogP contribution in [0.15, 0.2) is 12.4 Å². The third-order valence-electron chi connectivity index (χ3n) is 3.14. The summed E-state index contributed by atoms with van der Waals surface area (Å²) in [6.07, 6.45) is 12.8. The van der Waals surface area contributed by atoms with Gasteiger partial charge in [-0.2, -0.15) is 0 Å². The highest BCUT2D eigenvalue weighted by Crippen LogP contribution is 2.09. The van der Waals surface area contributed by atoms with Crippen molar-refractivity contribution in [2.45, 2.75) is 64.8 Å². The second kappa shape index (κ2) is 9.23. The van der Waals surface area contributed by atoms with E-state index in [-0.39, 0.29) is 0 Å². The van der Waals surface area contributed by atoms with Gasteiger partial charge in [-0.05, 0) is 13.0 Å². The van der Waals surface area contributed by atoms with Gasteiger partial charge in [0.25, 0.3) is 0 Å². The van der Waals surface area contributed by atoms with E-state index in [1.807, 2.05) is 12.4 Å². The molecule has 0 bridgehead atoms. The van der Waals surface area contributed by atoms with E-state index in [0.29, 0.717) is 6.04 Å². The molecule has 0 aliphatic rings. The van der Waals surface area contributed by atoms with Crippen molar-refractivity contribution < 1.29 is 0 Å². The fourth-order valence-electron chi connectivity index (χ4n) is 2.20. The summed E-state index contributed by atoms with van der Waals surface area (Å²) in [5.41, 5.74) is 0. The van der Waals surface area contributed by atoms with Crippen LogP contribution in [0.4, 0.5) is 0 Å². The van der Waals surface area contributed by atoms with Crippen molar-refractivity contribution in [2.24, 2.45) is 0 Å². The van der Waals surface area contributed by atoms with Crippen LogP contribution >= 0.6 is 0 Å². The molecule has 1 unspecified atom stereocenters. The molecule has 0 radical (unpaired) electrons. The minimum Gasteiger partial charge on any atom is -0.349 e. The SMILES string of the molecule is CCCCCCCC(Cc1ncc[nH]1)NCC. The first-order valence-electron chi connectivity index (χ1n) is 7.08. The molecule has 0 aliphatic carbocycles. The van der Waals surface area contributed by atoms with Gasteiger partial charge in [-0.3, -0.25) is 0 Å². The first-order chi connectivity index (χ1) is 8.36. The van der Waals surface area contributed by atoms with Crippen LogP contribution in [0.3, 0.4) is 0 Å². The highest BCUT2D eigenvalue weighted by Gasteiger charge is 2.09. The highest BCUT2D eigenvalue weighted by atomic mass is 14.9. The molecule has 3 heteroatoms. The molecule has 17 heavy (non-hydrogen) atoms. The zero-order valence-electron chi connectivity index (χ0n) is 11.3. The minimum atomic E-state index is 0.577. The van der Waals surface area contributed by atoms with E-state index in [0.717, 1.165) is 18.8 Å². The van der Waals surface area contributed by atoms with Crippen LogP contribution in [0.2, 0.25) is 0 Å². The molecule has 1 rings (SSSR count). The molecule has 0 aromatic carbocycles. The van der Waals surface area contributed by atoms with E-state index in [9.17, 15) is 0 Å². The Morgan fingerprint density at radius 2 is 2.06 bits per heavy atom. The number of imidazole rings is 1. The molecule has 0 saturated carbocycles. The highest BCUT2D eigenvalue weighted by molar-refractivity contribution is 4.91. The molecule has 0 spiro atoms. The van der Waals surface area contributed by atoms with Gasteiger partial charge in [-0.25, -0.2) is 4.98 Å². The van der Waals surface area contributed by atoms with E-state index >= 15 is 0 Å². The zero-order valence-corrected chi connectivity index (χ0v) is 11.3. The monoisotopic (exact) mass is 237 g/mol. The van der Waals surface area contributed by atoms with Gasteiger partial charge in [0.1, 0.15) is 5.82 Å². The van der Waals surface area contributed by atoms with Crippen LogP contribution in [0.1, 0.15) is 58.2 Å². The van der Waals surface area contributed by atoms with Gasteiger partial charge in [-0.1, -0.05) is 46.0 Å². The van der Waals surface area contributed by atoms with Gasteiger partial charge < -0.3 is 10.3 Å². The number of aromatic amines is 1. The van der Waals surface area contributed by atoms with Crippen molar-refractivity contribution in [3.8, 4) is 0 Å². The van der Waals surface area contributed by atoms with Crippen LogP contribution in [-0.4, -0.2) is 22.6 Å². The topological polar surface area (TPSA) is 40.7 Å². The van der Waals surface area contributed by atoms with Crippen molar-refractivity contribution in [2.75, 3.05) is 6.54 Å². The summed E-state index contributed by atoms with van der Waals surface area (Å²) in [5, 5.41) is 3.55. The number of unbranched alkanes of at least 4 members (excludes halogenated alkanes) is 4. The molecule has 1 atom stereocenters. The maximum absolute atomic E-state index is 4.30. The lowest BCUT2D eigenvalue weighted by atomic mass is 10.0. The average Bonchev–Trinajstić information content (AvgIpc) is 2.82. The smallest absolute Gasteiger partial charge is 0.107 e. The van der Waals surface area contributed by atoms with E-state index < -0.39 is 0 Å². The summed E-state index contributed by atoms with van der Waals surface area (Å²) in [6.45, 7) is 5.48. The third kappa shape index (κ3) is 6.47. The molecule has 1 aromatic heterocycles. The summed E-state index contributed by atoms with van der Waals surface area (Å²) in [6, 6.07) is 0.577.